The van der Waals surface area contributed by atoms with Crippen LogP contribution in [0.3, 0.4) is 0 Å². The smallest absolute Gasteiger partial charge is 0.256 e. The maximum absolute atomic E-state index is 12.3. The van der Waals surface area contributed by atoms with E-state index in [0.717, 1.165) is 32.6 Å². The fraction of sp³-hybridized carbons (Fsp3) is 0.167. The average Bonchev–Trinajstić information content (AvgIpc) is 2.85. The molecular formula is C18H16N3O4S+. The third-order valence-corrected chi connectivity index (χ3v) is 5.68. The van der Waals surface area contributed by atoms with E-state index in [1.165, 1.54) is 19.2 Å². The Labute approximate surface area is 150 Å². The monoisotopic (exact) mass is 370 g/mol. The van der Waals surface area contributed by atoms with Crippen molar-refractivity contribution in [3.05, 3.63) is 58.0 Å². The summed E-state index contributed by atoms with van der Waals surface area (Å²) in [5.74, 6) is -0.187. The van der Waals surface area contributed by atoms with E-state index >= 15 is 0 Å². The van der Waals surface area contributed by atoms with E-state index in [1.54, 1.807) is 24.3 Å². The predicted octanol–water partition coefficient (Wildman–Crippen LogP) is 2.18. The van der Waals surface area contributed by atoms with Crippen molar-refractivity contribution >= 4 is 38.5 Å². The van der Waals surface area contributed by atoms with E-state index in [-0.39, 0.29) is 17.2 Å². The third-order valence-electron chi connectivity index (χ3n) is 4.77. The van der Waals surface area contributed by atoms with Gasteiger partial charge in [0.1, 0.15) is 0 Å². The fourth-order valence-corrected chi connectivity index (χ4v) is 4.07. The molecule has 0 saturated carbocycles. The third kappa shape index (κ3) is 2.63. The topological polar surface area (TPSA) is 109 Å². The molecule has 132 valence electrons. The van der Waals surface area contributed by atoms with Crippen LogP contribution in [-0.4, -0.2) is 26.1 Å². The summed E-state index contributed by atoms with van der Waals surface area (Å²) >= 11 is 0. The van der Waals surface area contributed by atoms with Gasteiger partial charge in [-0.3, -0.25) is 4.79 Å². The maximum atomic E-state index is 12.3. The van der Waals surface area contributed by atoms with Crippen LogP contribution < -0.4 is 10.5 Å². The van der Waals surface area contributed by atoms with Gasteiger partial charge in [-0.25, -0.2) is 13.6 Å². The van der Waals surface area contributed by atoms with Crippen molar-refractivity contribution < 1.29 is 18.0 Å². The summed E-state index contributed by atoms with van der Waals surface area (Å²) < 4.78 is 24.1. The highest BCUT2D eigenvalue weighted by Crippen LogP contribution is 2.45. The molecule has 0 radical (unpaired) electrons. The molecule has 7 nitrogen and oxygen atoms in total. The number of fused-ring (bicyclic) bond motifs is 4. The molecule has 26 heavy (non-hydrogen) atoms. The Morgan fingerprint density at radius 2 is 1.77 bits per heavy atom. The van der Waals surface area contributed by atoms with Crippen LogP contribution in [0.2, 0.25) is 0 Å². The number of primary sulfonamides is 1. The molecule has 8 heteroatoms. The van der Waals surface area contributed by atoms with Crippen molar-refractivity contribution in [2.24, 2.45) is 5.14 Å². The largest absolute Gasteiger partial charge is 0.325 e. The van der Waals surface area contributed by atoms with Crippen LogP contribution in [0.1, 0.15) is 23.1 Å². The Hall–Kier alpha value is -2.84. The molecule has 2 aromatic rings. The molecule has 2 aromatic carbocycles. The van der Waals surface area contributed by atoms with Crippen LogP contribution in [0.4, 0.5) is 11.4 Å². The molecule has 0 atom stereocenters. The lowest BCUT2D eigenvalue weighted by molar-refractivity contribution is -0.428. The van der Waals surface area contributed by atoms with Crippen LogP contribution >= 0.6 is 0 Å². The molecule has 0 bridgehead atoms. The molecule has 0 aromatic heterocycles. The van der Waals surface area contributed by atoms with Gasteiger partial charge in [0, 0.05) is 33.1 Å². The molecule has 4 rings (SSSR count). The Morgan fingerprint density at radius 1 is 1.04 bits per heavy atom. The molecule has 1 aliphatic carbocycles. The summed E-state index contributed by atoms with van der Waals surface area (Å²) in [6, 6.07) is 9.84. The van der Waals surface area contributed by atoms with Gasteiger partial charge in [-0.2, -0.15) is 0 Å². The first-order chi connectivity index (χ1) is 12.2. The van der Waals surface area contributed by atoms with Gasteiger partial charge in [-0.15, -0.1) is 0 Å². The highest BCUT2D eigenvalue weighted by molar-refractivity contribution is 7.89. The second-order valence-corrected chi connectivity index (χ2v) is 8.01. The van der Waals surface area contributed by atoms with E-state index < -0.39 is 10.0 Å². The molecule has 1 heterocycles. The second-order valence-electron chi connectivity index (χ2n) is 6.45. The lowest BCUT2D eigenvalue weighted by atomic mass is 9.98. The average molecular weight is 370 g/mol. The first-order valence-corrected chi connectivity index (χ1v) is 9.52. The maximum Gasteiger partial charge on any atom is 0.256 e. The van der Waals surface area contributed by atoms with E-state index in [2.05, 4.69) is 5.32 Å². The van der Waals surface area contributed by atoms with Crippen molar-refractivity contribution in [1.29, 1.82) is 0 Å². The SMILES string of the molecule is C[N+](=O)c1ccc2c(c1)C1=C(CC(=O)N2)c2cc(S(N)(=O)=O)ccc2C1. The zero-order valence-corrected chi connectivity index (χ0v) is 14.8. The summed E-state index contributed by atoms with van der Waals surface area (Å²) in [6.07, 6.45) is 0.692. The fourth-order valence-electron chi connectivity index (χ4n) is 3.53. The van der Waals surface area contributed by atoms with Crippen LogP contribution in [0, 0.1) is 4.91 Å². The van der Waals surface area contributed by atoms with E-state index in [9.17, 15) is 18.1 Å². The van der Waals surface area contributed by atoms with Gasteiger partial charge in [0.05, 0.1) is 11.3 Å². The van der Waals surface area contributed by atoms with Gasteiger partial charge in [-0.1, -0.05) is 6.07 Å². The zero-order chi connectivity index (χ0) is 18.6. The van der Waals surface area contributed by atoms with E-state index in [4.69, 9.17) is 5.14 Å². The van der Waals surface area contributed by atoms with Gasteiger partial charge in [0.2, 0.25) is 15.9 Å². The number of rotatable bonds is 2. The number of nitrogens with zero attached hydrogens (tertiary/aromatic N) is 1. The number of sulfonamides is 1. The minimum Gasteiger partial charge on any atom is -0.325 e. The molecule has 0 unspecified atom stereocenters. The molecule has 2 aliphatic rings. The highest BCUT2D eigenvalue weighted by Gasteiger charge is 2.30. The standard InChI is InChI=1S/C18H15N3O4S/c1-21(23)11-3-5-17-16(7-11)14-6-10-2-4-12(26(19,24)25)8-13(10)15(14)9-18(22)20-17/h2-5,7-8H,6,9H2,1H3,(H2-,19,20,22,23,24,25)/p+1. The van der Waals surface area contributed by atoms with Gasteiger partial charge < -0.3 is 5.32 Å². The van der Waals surface area contributed by atoms with Crippen molar-refractivity contribution in [2.45, 2.75) is 17.7 Å². The Morgan fingerprint density at radius 3 is 2.46 bits per heavy atom. The number of allylic oxidation sites excluding steroid dienone is 1. The van der Waals surface area contributed by atoms with Crippen molar-refractivity contribution in [2.75, 3.05) is 12.4 Å². The van der Waals surface area contributed by atoms with Gasteiger partial charge in [0.15, 0.2) is 7.05 Å². The molecule has 1 amide bonds. The summed E-state index contributed by atoms with van der Waals surface area (Å²) in [6.45, 7) is 0. The van der Waals surface area contributed by atoms with Crippen LogP contribution in [0.5, 0.6) is 0 Å². The molecule has 0 spiro atoms. The lowest BCUT2D eigenvalue weighted by Crippen LogP contribution is -2.13. The van der Waals surface area contributed by atoms with Crippen molar-refractivity contribution in [3.8, 4) is 0 Å². The molecule has 1 aliphatic heterocycles. The molecule has 3 N–H and O–H groups in total. The minimum absolute atomic E-state index is 0.0166. The number of benzene rings is 2. The van der Waals surface area contributed by atoms with Crippen molar-refractivity contribution in [3.63, 3.8) is 0 Å². The van der Waals surface area contributed by atoms with E-state index in [0.29, 0.717) is 17.8 Å². The number of nitroso groups, excluding NO2 is 1. The first kappa shape index (κ1) is 16.6. The normalized spacial score (nSPS) is 15.7. The zero-order valence-electron chi connectivity index (χ0n) is 13.9. The number of anilines is 1. The molecule has 0 fully saturated rings. The summed E-state index contributed by atoms with van der Waals surface area (Å²) in [5.41, 5.74) is 5.24. The van der Waals surface area contributed by atoms with Gasteiger partial charge in [-0.05, 0) is 46.9 Å². The number of carbonyl (C=O) groups is 1. The molecule has 0 saturated heterocycles. The van der Waals surface area contributed by atoms with E-state index in [1.807, 2.05) is 0 Å². The highest BCUT2D eigenvalue weighted by atomic mass is 32.2. The van der Waals surface area contributed by atoms with Crippen LogP contribution in [0.25, 0.3) is 11.1 Å². The number of carbonyl (C=O) groups excluding carboxylic acids is 1. The number of nitrogens with one attached hydrogen (secondary N) is 1. The van der Waals surface area contributed by atoms with Gasteiger partial charge in [0.25, 0.3) is 5.69 Å². The predicted molar refractivity (Wildman–Crippen MR) is 97.2 cm³/mol. The van der Waals surface area contributed by atoms with Crippen molar-refractivity contribution in [1.82, 2.24) is 0 Å². The lowest BCUT2D eigenvalue weighted by Gasteiger charge is -2.09. The summed E-state index contributed by atoms with van der Waals surface area (Å²) in [4.78, 5) is 24.0. The number of hydrogen-bond acceptors (Lipinski definition) is 4. The Kier molecular flexibility index (Phi) is 3.57. The van der Waals surface area contributed by atoms with Crippen LogP contribution in [-0.2, 0) is 21.2 Å². The van der Waals surface area contributed by atoms with Gasteiger partial charge >= 0.3 is 0 Å². The second kappa shape index (κ2) is 5.58. The quantitative estimate of drug-likeness (QED) is 0.790. The first-order valence-electron chi connectivity index (χ1n) is 7.97. The number of amides is 1. The summed E-state index contributed by atoms with van der Waals surface area (Å²) in [7, 11) is -2.42. The minimum atomic E-state index is -3.83. The Balaban J connectivity index is 1.94. The van der Waals surface area contributed by atoms with Crippen LogP contribution in [0.15, 0.2) is 41.3 Å². The number of nitrogens with two attached hydrogens (primary N) is 1. The number of hydrogen-bond donors (Lipinski definition) is 2. The summed E-state index contributed by atoms with van der Waals surface area (Å²) in [5, 5.41) is 8.09. The molecular weight excluding hydrogens is 354 g/mol. The Bertz CT molecular complexity index is 1130.